The van der Waals surface area contributed by atoms with E-state index in [-0.39, 0.29) is 12.2 Å². The largest absolute Gasteiger partial charge is 0.396 e. The molecule has 1 aliphatic rings. The molecule has 0 aromatic heterocycles. The molecular formula is C19H20F2N2O2. The van der Waals surface area contributed by atoms with Gasteiger partial charge >= 0.3 is 0 Å². The van der Waals surface area contributed by atoms with Crippen molar-refractivity contribution in [1.29, 1.82) is 0 Å². The molecule has 2 aromatic carbocycles. The molecule has 0 aliphatic carbocycles. The minimum atomic E-state index is -0.890. The average molecular weight is 346 g/mol. The highest BCUT2D eigenvalue weighted by Crippen LogP contribution is 2.30. The zero-order chi connectivity index (χ0) is 17.8. The molecule has 0 bridgehead atoms. The van der Waals surface area contributed by atoms with Gasteiger partial charge in [-0.25, -0.2) is 8.78 Å². The molecule has 6 heteroatoms. The topological polar surface area (TPSA) is 52.6 Å². The number of aliphatic hydroxyl groups is 1. The van der Waals surface area contributed by atoms with E-state index in [1.165, 1.54) is 0 Å². The Hall–Kier alpha value is -2.47. The third kappa shape index (κ3) is 3.96. The summed E-state index contributed by atoms with van der Waals surface area (Å²) in [4.78, 5) is 14.5. The van der Waals surface area contributed by atoms with Gasteiger partial charge in [0.15, 0.2) is 0 Å². The van der Waals surface area contributed by atoms with E-state index >= 15 is 0 Å². The van der Waals surface area contributed by atoms with Gasteiger partial charge in [0.1, 0.15) is 11.6 Å². The van der Waals surface area contributed by atoms with Crippen molar-refractivity contribution in [3.05, 3.63) is 59.7 Å². The second-order valence-corrected chi connectivity index (χ2v) is 6.21. The zero-order valence-corrected chi connectivity index (χ0v) is 13.7. The summed E-state index contributed by atoms with van der Waals surface area (Å²) in [5.74, 6) is -1.92. The van der Waals surface area contributed by atoms with Crippen LogP contribution in [-0.4, -0.2) is 30.7 Å². The highest BCUT2D eigenvalue weighted by molar-refractivity contribution is 6.06. The number of anilines is 2. The van der Waals surface area contributed by atoms with Crippen molar-refractivity contribution in [1.82, 2.24) is 0 Å². The Bertz CT molecular complexity index is 759. The van der Waals surface area contributed by atoms with Crippen LogP contribution in [0.3, 0.4) is 0 Å². The van der Waals surface area contributed by atoms with Gasteiger partial charge in [0, 0.05) is 25.8 Å². The molecule has 4 nitrogen and oxygen atoms in total. The molecule has 2 aromatic rings. The Kier molecular flexibility index (Phi) is 5.28. The number of nitrogens with zero attached hydrogens (tertiary/aromatic N) is 1. The lowest BCUT2D eigenvalue weighted by Gasteiger charge is -2.34. The van der Waals surface area contributed by atoms with E-state index in [4.69, 9.17) is 0 Å². The van der Waals surface area contributed by atoms with Crippen molar-refractivity contribution in [3.63, 3.8) is 0 Å². The molecule has 1 fully saturated rings. The minimum absolute atomic E-state index is 0.191. The predicted molar refractivity (Wildman–Crippen MR) is 92.8 cm³/mol. The van der Waals surface area contributed by atoms with E-state index in [9.17, 15) is 18.7 Å². The molecule has 132 valence electrons. The first kappa shape index (κ1) is 17.4. The van der Waals surface area contributed by atoms with Crippen LogP contribution in [0.25, 0.3) is 0 Å². The summed E-state index contributed by atoms with van der Waals surface area (Å²) in [7, 11) is 0. The van der Waals surface area contributed by atoms with Crippen molar-refractivity contribution in [3.8, 4) is 0 Å². The molecule has 3 rings (SSSR count). The number of rotatable bonds is 4. The van der Waals surface area contributed by atoms with Gasteiger partial charge in [0.25, 0.3) is 5.91 Å². The molecule has 1 amide bonds. The zero-order valence-electron chi connectivity index (χ0n) is 13.7. The van der Waals surface area contributed by atoms with Gasteiger partial charge in [0.2, 0.25) is 0 Å². The van der Waals surface area contributed by atoms with Crippen LogP contribution in [0, 0.1) is 17.6 Å². The van der Waals surface area contributed by atoms with Gasteiger partial charge < -0.3 is 15.3 Å². The number of carbonyl (C=O) groups excluding carboxylic acids is 1. The quantitative estimate of drug-likeness (QED) is 0.892. The molecular weight excluding hydrogens is 326 g/mol. The number of para-hydroxylation sites is 2. The number of aliphatic hydroxyl groups excluding tert-OH is 1. The minimum Gasteiger partial charge on any atom is -0.396 e. The van der Waals surface area contributed by atoms with Gasteiger partial charge in [-0.2, -0.15) is 0 Å². The normalized spacial score (nSPS) is 15.2. The van der Waals surface area contributed by atoms with Crippen LogP contribution < -0.4 is 10.2 Å². The Morgan fingerprint density at radius 1 is 1.16 bits per heavy atom. The van der Waals surface area contributed by atoms with Gasteiger partial charge in [-0.15, -0.1) is 0 Å². The van der Waals surface area contributed by atoms with Gasteiger partial charge in [0.05, 0.1) is 16.9 Å². The Morgan fingerprint density at radius 2 is 1.88 bits per heavy atom. The van der Waals surface area contributed by atoms with Crippen LogP contribution in [0.2, 0.25) is 0 Å². The fourth-order valence-electron chi connectivity index (χ4n) is 3.07. The molecule has 1 aliphatic heterocycles. The standard InChI is InChI=1S/C19H20F2N2O2/c20-14-5-6-15(16(21)11-14)19(25)22-17-3-1-2-4-18(17)23-9-7-13(12-24)8-10-23/h1-6,11,13,24H,7-10,12H2,(H,22,25). The summed E-state index contributed by atoms with van der Waals surface area (Å²) >= 11 is 0. The van der Waals surface area contributed by atoms with Crippen molar-refractivity contribution in [2.75, 3.05) is 29.9 Å². The van der Waals surface area contributed by atoms with E-state index < -0.39 is 17.5 Å². The lowest BCUT2D eigenvalue weighted by Crippen LogP contribution is -2.35. The summed E-state index contributed by atoms with van der Waals surface area (Å²) in [6, 6.07) is 10.2. The number of carbonyl (C=O) groups is 1. The van der Waals surface area contributed by atoms with Crippen LogP contribution in [0.5, 0.6) is 0 Å². The number of hydrogen-bond donors (Lipinski definition) is 2. The van der Waals surface area contributed by atoms with Crippen molar-refractivity contribution >= 4 is 17.3 Å². The Balaban J connectivity index is 1.78. The molecule has 1 saturated heterocycles. The molecule has 0 atom stereocenters. The summed E-state index contributed by atoms with van der Waals surface area (Å²) in [6.45, 7) is 1.75. The van der Waals surface area contributed by atoms with E-state index in [1.807, 2.05) is 12.1 Å². The fourth-order valence-corrected chi connectivity index (χ4v) is 3.07. The first-order valence-electron chi connectivity index (χ1n) is 8.29. The maximum atomic E-state index is 13.8. The third-order valence-electron chi connectivity index (χ3n) is 4.54. The number of piperidine rings is 1. The highest BCUT2D eigenvalue weighted by atomic mass is 19.1. The average Bonchev–Trinajstić information content (AvgIpc) is 2.62. The van der Waals surface area contributed by atoms with Crippen LogP contribution >= 0.6 is 0 Å². The fraction of sp³-hybridized carbons (Fsp3) is 0.316. The molecule has 0 unspecified atom stereocenters. The van der Waals surface area contributed by atoms with Crippen LogP contribution in [0.15, 0.2) is 42.5 Å². The van der Waals surface area contributed by atoms with E-state index in [0.29, 0.717) is 17.7 Å². The predicted octanol–water partition coefficient (Wildman–Crippen LogP) is 3.43. The van der Waals surface area contributed by atoms with Gasteiger partial charge in [-0.1, -0.05) is 12.1 Å². The van der Waals surface area contributed by atoms with Crippen molar-refractivity contribution in [2.24, 2.45) is 5.92 Å². The van der Waals surface area contributed by atoms with E-state index in [0.717, 1.165) is 43.8 Å². The second kappa shape index (κ2) is 7.61. The molecule has 1 heterocycles. The smallest absolute Gasteiger partial charge is 0.258 e. The number of benzene rings is 2. The number of nitrogens with one attached hydrogen (secondary N) is 1. The van der Waals surface area contributed by atoms with Crippen LogP contribution in [-0.2, 0) is 0 Å². The lowest BCUT2D eigenvalue weighted by molar-refractivity contribution is 0.102. The highest BCUT2D eigenvalue weighted by Gasteiger charge is 2.21. The molecule has 2 N–H and O–H groups in total. The Labute approximate surface area is 145 Å². The third-order valence-corrected chi connectivity index (χ3v) is 4.54. The maximum absolute atomic E-state index is 13.8. The Morgan fingerprint density at radius 3 is 2.56 bits per heavy atom. The first-order valence-corrected chi connectivity index (χ1v) is 8.29. The maximum Gasteiger partial charge on any atom is 0.258 e. The summed E-state index contributed by atoms with van der Waals surface area (Å²) in [5, 5.41) is 12.0. The summed E-state index contributed by atoms with van der Waals surface area (Å²) in [6.07, 6.45) is 1.76. The number of amides is 1. The summed E-state index contributed by atoms with van der Waals surface area (Å²) < 4.78 is 26.8. The number of halogens is 2. The lowest BCUT2D eigenvalue weighted by atomic mass is 9.97. The SMILES string of the molecule is O=C(Nc1ccccc1N1CCC(CO)CC1)c1ccc(F)cc1F. The van der Waals surface area contributed by atoms with E-state index in [2.05, 4.69) is 10.2 Å². The van der Waals surface area contributed by atoms with Crippen LogP contribution in [0.4, 0.5) is 20.2 Å². The molecule has 0 saturated carbocycles. The van der Waals surface area contributed by atoms with Gasteiger partial charge in [-0.3, -0.25) is 4.79 Å². The number of hydrogen-bond acceptors (Lipinski definition) is 3. The summed E-state index contributed by atoms with van der Waals surface area (Å²) in [5.41, 5.74) is 1.24. The monoisotopic (exact) mass is 346 g/mol. The first-order chi connectivity index (χ1) is 12.1. The molecule has 0 spiro atoms. The van der Waals surface area contributed by atoms with Crippen molar-refractivity contribution in [2.45, 2.75) is 12.8 Å². The molecule has 0 radical (unpaired) electrons. The second-order valence-electron chi connectivity index (χ2n) is 6.21. The van der Waals surface area contributed by atoms with E-state index in [1.54, 1.807) is 12.1 Å². The molecule has 25 heavy (non-hydrogen) atoms. The van der Waals surface area contributed by atoms with Crippen molar-refractivity contribution < 1.29 is 18.7 Å². The van der Waals surface area contributed by atoms with Gasteiger partial charge in [-0.05, 0) is 43.0 Å². The van der Waals surface area contributed by atoms with Crippen LogP contribution in [0.1, 0.15) is 23.2 Å².